The maximum Gasteiger partial charge on any atom is 0.240 e. The molecule has 1 aromatic carbocycles. The first kappa shape index (κ1) is 14.5. The molecule has 1 unspecified atom stereocenters. The molecular weight excluding hydrogens is 262 g/mol. The van der Waals surface area contributed by atoms with Crippen molar-refractivity contribution in [1.29, 1.82) is 0 Å². The Morgan fingerprint density at radius 2 is 2.10 bits per heavy atom. The van der Waals surface area contributed by atoms with E-state index in [1.807, 2.05) is 11.9 Å². The lowest BCUT2D eigenvalue weighted by atomic mass is 9.94. The van der Waals surface area contributed by atoms with Crippen LogP contribution in [0.5, 0.6) is 0 Å². The van der Waals surface area contributed by atoms with Crippen LogP contribution in [0.2, 0.25) is 0 Å². The third-order valence-corrected chi connectivity index (χ3v) is 4.87. The molecule has 0 radical (unpaired) electrons. The van der Waals surface area contributed by atoms with Gasteiger partial charge in [-0.05, 0) is 44.0 Å². The molecule has 4 nitrogen and oxygen atoms in total. The van der Waals surface area contributed by atoms with Gasteiger partial charge in [0.05, 0.1) is 6.04 Å². The van der Waals surface area contributed by atoms with E-state index in [-0.39, 0.29) is 11.9 Å². The van der Waals surface area contributed by atoms with Crippen molar-refractivity contribution in [3.63, 3.8) is 0 Å². The second kappa shape index (κ2) is 6.16. The molecule has 0 bridgehead atoms. The van der Waals surface area contributed by atoms with E-state index in [0.29, 0.717) is 6.04 Å². The van der Waals surface area contributed by atoms with Crippen LogP contribution in [0.25, 0.3) is 0 Å². The minimum Gasteiger partial charge on any atom is -0.340 e. The zero-order valence-corrected chi connectivity index (χ0v) is 13.0. The van der Waals surface area contributed by atoms with Crippen LogP contribution in [-0.4, -0.2) is 55.0 Å². The molecular formula is C17H25N3O. The van der Waals surface area contributed by atoms with E-state index >= 15 is 0 Å². The summed E-state index contributed by atoms with van der Waals surface area (Å²) in [6.07, 6.45) is 3.11. The van der Waals surface area contributed by atoms with Crippen molar-refractivity contribution in [1.82, 2.24) is 15.1 Å². The standard InChI is InChI=1S/C17H25N3O/c1-19-9-5-8-15(12-19)20(2)17(21)16-10-13-6-3-4-7-14(13)11-18-16/h3-4,6-7,15-16,18H,5,8-12H2,1-2H3/t15?,16-/m0/s1. The molecule has 1 N–H and O–H groups in total. The lowest BCUT2D eigenvalue weighted by Gasteiger charge is -2.38. The van der Waals surface area contributed by atoms with Crippen LogP contribution < -0.4 is 5.32 Å². The highest BCUT2D eigenvalue weighted by molar-refractivity contribution is 5.82. The van der Waals surface area contributed by atoms with Crippen molar-refractivity contribution >= 4 is 5.91 Å². The Hall–Kier alpha value is -1.39. The van der Waals surface area contributed by atoms with Gasteiger partial charge in [0.2, 0.25) is 5.91 Å². The molecule has 3 rings (SSSR count). The Bertz CT molecular complexity index is 517. The third-order valence-electron chi connectivity index (χ3n) is 4.87. The Morgan fingerprint density at radius 3 is 2.86 bits per heavy atom. The van der Waals surface area contributed by atoms with E-state index < -0.39 is 0 Å². The van der Waals surface area contributed by atoms with Gasteiger partial charge in [-0.3, -0.25) is 4.79 Å². The van der Waals surface area contributed by atoms with Crippen LogP contribution in [0.1, 0.15) is 24.0 Å². The van der Waals surface area contributed by atoms with Crippen molar-refractivity contribution < 1.29 is 4.79 Å². The van der Waals surface area contributed by atoms with Gasteiger partial charge in [0, 0.05) is 26.2 Å². The summed E-state index contributed by atoms with van der Waals surface area (Å²) in [6, 6.07) is 8.69. The van der Waals surface area contributed by atoms with Crippen molar-refractivity contribution in [3.8, 4) is 0 Å². The normalized spacial score (nSPS) is 26.2. The topological polar surface area (TPSA) is 35.6 Å². The monoisotopic (exact) mass is 287 g/mol. The number of hydrogen-bond acceptors (Lipinski definition) is 3. The maximum absolute atomic E-state index is 12.8. The van der Waals surface area contributed by atoms with Crippen molar-refractivity contribution in [3.05, 3.63) is 35.4 Å². The van der Waals surface area contributed by atoms with Gasteiger partial charge in [-0.2, -0.15) is 0 Å². The number of carbonyl (C=O) groups is 1. The molecule has 1 saturated heterocycles. The van der Waals surface area contributed by atoms with Crippen LogP contribution in [0.3, 0.4) is 0 Å². The predicted molar refractivity (Wildman–Crippen MR) is 84.1 cm³/mol. The van der Waals surface area contributed by atoms with Gasteiger partial charge < -0.3 is 15.1 Å². The van der Waals surface area contributed by atoms with E-state index in [1.165, 1.54) is 17.5 Å². The molecule has 1 fully saturated rings. The molecule has 2 aliphatic heterocycles. The molecule has 2 aliphatic rings. The highest BCUT2D eigenvalue weighted by atomic mass is 16.2. The van der Waals surface area contributed by atoms with Crippen molar-refractivity contribution in [2.75, 3.05) is 27.2 Å². The Labute approximate surface area is 127 Å². The molecule has 1 amide bonds. The number of amides is 1. The summed E-state index contributed by atoms with van der Waals surface area (Å²) in [5.41, 5.74) is 2.63. The van der Waals surface area contributed by atoms with Crippen LogP contribution in [-0.2, 0) is 17.8 Å². The van der Waals surface area contributed by atoms with Gasteiger partial charge in [0.15, 0.2) is 0 Å². The molecule has 0 spiro atoms. The lowest BCUT2D eigenvalue weighted by Crippen LogP contribution is -2.54. The first-order valence-corrected chi connectivity index (χ1v) is 7.90. The lowest BCUT2D eigenvalue weighted by molar-refractivity contribution is -0.135. The average molecular weight is 287 g/mol. The SMILES string of the molecule is CN1CCCC(N(C)C(=O)[C@@H]2Cc3ccccc3CN2)C1. The Morgan fingerprint density at radius 1 is 1.33 bits per heavy atom. The summed E-state index contributed by atoms with van der Waals surface area (Å²) in [5, 5.41) is 3.40. The van der Waals surface area contributed by atoms with Crippen LogP contribution in [0.4, 0.5) is 0 Å². The van der Waals surface area contributed by atoms with Gasteiger partial charge in [0.1, 0.15) is 0 Å². The summed E-state index contributed by atoms with van der Waals surface area (Å²) in [5.74, 6) is 0.241. The summed E-state index contributed by atoms with van der Waals surface area (Å²) in [4.78, 5) is 17.1. The molecule has 114 valence electrons. The summed E-state index contributed by atoms with van der Waals surface area (Å²) >= 11 is 0. The molecule has 0 aromatic heterocycles. The minimum atomic E-state index is -0.0721. The molecule has 2 atom stereocenters. The van der Waals surface area contributed by atoms with E-state index in [9.17, 15) is 4.79 Å². The first-order valence-electron chi connectivity index (χ1n) is 7.90. The number of piperidine rings is 1. The fourth-order valence-electron chi connectivity index (χ4n) is 3.51. The number of hydrogen-bond donors (Lipinski definition) is 1. The zero-order valence-electron chi connectivity index (χ0n) is 13.0. The predicted octanol–water partition coefficient (Wildman–Crippen LogP) is 1.25. The van der Waals surface area contributed by atoms with Gasteiger partial charge in [0.25, 0.3) is 0 Å². The minimum absolute atomic E-state index is 0.0721. The largest absolute Gasteiger partial charge is 0.340 e. The number of carbonyl (C=O) groups excluding carboxylic acids is 1. The van der Waals surface area contributed by atoms with Gasteiger partial charge >= 0.3 is 0 Å². The molecule has 0 aliphatic carbocycles. The second-order valence-corrected chi connectivity index (χ2v) is 6.41. The molecule has 0 saturated carbocycles. The molecule has 21 heavy (non-hydrogen) atoms. The molecule has 2 heterocycles. The summed E-state index contributed by atoms with van der Waals surface area (Å²) < 4.78 is 0. The highest BCUT2D eigenvalue weighted by Gasteiger charge is 2.31. The summed E-state index contributed by atoms with van der Waals surface area (Å²) in [7, 11) is 4.11. The molecule has 1 aromatic rings. The number of rotatable bonds is 2. The number of likely N-dealkylation sites (tertiary alicyclic amines) is 1. The fraction of sp³-hybridized carbons (Fsp3) is 0.588. The van der Waals surface area contributed by atoms with E-state index in [0.717, 1.165) is 32.5 Å². The smallest absolute Gasteiger partial charge is 0.240 e. The van der Waals surface area contributed by atoms with Crippen LogP contribution in [0.15, 0.2) is 24.3 Å². The average Bonchev–Trinajstić information content (AvgIpc) is 2.53. The molecule has 4 heteroatoms. The van der Waals surface area contributed by atoms with Crippen molar-refractivity contribution in [2.45, 2.75) is 37.9 Å². The quantitative estimate of drug-likeness (QED) is 0.889. The number of fused-ring (bicyclic) bond motifs is 1. The third kappa shape index (κ3) is 3.11. The number of likely N-dealkylation sites (N-methyl/N-ethyl adjacent to an activating group) is 2. The van der Waals surface area contributed by atoms with Crippen LogP contribution in [0, 0.1) is 0 Å². The van der Waals surface area contributed by atoms with Gasteiger partial charge in [-0.1, -0.05) is 24.3 Å². The fourth-order valence-corrected chi connectivity index (χ4v) is 3.51. The highest BCUT2D eigenvalue weighted by Crippen LogP contribution is 2.19. The van der Waals surface area contributed by atoms with Crippen molar-refractivity contribution in [2.24, 2.45) is 0 Å². The second-order valence-electron chi connectivity index (χ2n) is 6.41. The zero-order chi connectivity index (χ0) is 14.8. The van der Waals surface area contributed by atoms with Gasteiger partial charge in [-0.15, -0.1) is 0 Å². The van der Waals surface area contributed by atoms with Gasteiger partial charge in [-0.25, -0.2) is 0 Å². The summed E-state index contributed by atoms with van der Waals surface area (Å²) in [6.45, 7) is 2.93. The van der Waals surface area contributed by atoms with Crippen LogP contribution >= 0.6 is 0 Å². The van der Waals surface area contributed by atoms with E-state index in [4.69, 9.17) is 0 Å². The maximum atomic E-state index is 12.8. The first-order chi connectivity index (χ1) is 10.1. The Kier molecular flexibility index (Phi) is 4.27. The van der Waals surface area contributed by atoms with E-state index in [2.05, 4.69) is 41.5 Å². The number of nitrogens with one attached hydrogen (secondary N) is 1. The number of nitrogens with zero attached hydrogens (tertiary/aromatic N) is 2. The number of benzene rings is 1. The Balaban J connectivity index is 1.66. The van der Waals surface area contributed by atoms with E-state index in [1.54, 1.807) is 0 Å².